The first-order valence-corrected chi connectivity index (χ1v) is 11.8. The van der Waals surface area contributed by atoms with E-state index in [0.717, 1.165) is 11.6 Å². The number of carbonyl (C=O) groups excluding carboxylic acids is 2. The van der Waals surface area contributed by atoms with Crippen LogP contribution in [-0.2, 0) is 17.1 Å². The zero-order valence-electron chi connectivity index (χ0n) is 20.2. The fourth-order valence-electron chi connectivity index (χ4n) is 4.68. The summed E-state index contributed by atoms with van der Waals surface area (Å²) in [5.41, 5.74) is -1.83. The first kappa shape index (κ1) is 26.0. The van der Waals surface area contributed by atoms with E-state index >= 15 is 0 Å². The van der Waals surface area contributed by atoms with E-state index in [9.17, 15) is 28.7 Å². The predicted molar refractivity (Wildman–Crippen MR) is 130 cm³/mol. The van der Waals surface area contributed by atoms with Gasteiger partial charge < -0.3 is 19.8 Å². The summed E-state index contributed by atoms with van der Waals surface area (Å²) in [7, 11) is 0. The second-order valence-corrected chi connectivity index (χ2v) is 9.24. The maximum absolute atomic E-state index is 14.1. The number of nitrogens with one attached hydrogen (secondary N) is 1. The Bertz CT molecular complexity index is 1290. The summed E-state index contributed by atoms with van der Waals surface area (Å²) in [4.78, 5) is 27.7. The number of rotatable bonds is 7. The SMILES string of the molecule is CC(F)(F)c1cc(NC(=O)C(O)(Cc2ccccc2)C2CCN(C(=O)c3ccno3)CC2)ccc1C#N. The van der Waals surface area contributed by atoms with Crippen molar-refractivity contribution in [1.29, 1.82) is 5.26 Å². The number of aliphatic hydroxyl groups is 1. The van der Waals surface area contributed by atoms with Gasteiger partial charge in [-0.05, 0) is 36.6 Å². The lowest BCUT2D eigenvalue weighted by Crippen LogP contribution is -2.54. The number of halogens is 2. The number of anilines is 1. The average molecular weight is 509 g/mol. The van der Waals surface area contributed by atoms with E-state index in [1.807, 2.05) is 6.07 Å². The molecular weight excluding hydrogens is 482 g/mol. The van der Waals surface area contributed by atoms with Crippen LogP contribution in [0, 0.1) is 17.2 Å². The van der Waals surface area contributed by atoms with Crippen LogP contribution in [0.1, 0.15) is 47.0 Å². The average Bonchev–Trinajstić information content (AvgIpc) is 3.43. The molecule has 4 rings (SSSR count). The number of hydrogen-bond donors (Lipinski definition) is 2. The molecule has 2 amide bonds. The lowest BCUT2D eigenvalue weighted by molar-refractivity contribution is -0.142. The monoisotopic (exact) mass is 508 g/mol. The highest BCUT2D eigenvalue weighted by Gasteiger charge is 2.46. The fraction of sp³-hybridized carbons (Fsp3) is 0.333. The van der Waals surface area contributed by atoms with Crippen LogP contribution in [0.5, 0.6) is 0 Å². The topological polar surface area (TPSA) is 119 Å². The van der Waals surface area contributed by atoms with Crippen LogP contribution >= 0.6 is 0 Å². The van der Waals surface area contributed by atoms with Gasteiger partial charge in [-0.25, -0.2) is 8.78 Å². The maximum Gasteiger partial charge on any atom is 0.292 e. The Morgan fingerprint density at radius 3 is 2.49 bits per heavy atom. The van der Waals surface area contributed by atoms with E-state index < -0.39 is 28.9 Å². The standard InChI is InChI=1S/C27H26F2N4O4/c1-26(28,29)22-15-21(8-7-19(22)17-30)32-25(35)27(36,16-18-5-3-2-4-6-18)20-10-13-33(14-11-20)24(34)23-9-12-31-37-23/h2-9,12,15,20,36H,10-11,13-14,16H2,1H3,(H,32,35). The van der Waals surface area contributed by atoms with Crippen molar-refractivity contribution in [3.05, 3.63) is 83.2 Å². The molecular formula is C27H26F2N4O4. The number of benzene rings is 2. The highest BCUT2D eigenvalue weighted by molar-refractivity contribution is 5.98. The van der Waals surface area contributed by atoms with Gasteiger partial charge in [0.2, 0.25) is 5.76 Å². The number of nitriles is 1. The molecule has 1 saturated heterocycles. The third-order valence-electron chi connectivity index (χ3n) is 6.69. The van der Waals surface area contributed by atoms with E-state index in [2.05, 4.69) is 10.5 Å². The Hall–Kier alpha value is -4.10. The molecule has 10 heteroatoms. The van der Waals surface area contributed by atoms with E-state index in [1.165, 1.54) is 24.4 Å². The number of amides is 2. The summed E-state index contributed by atoms with van der Waals surface area (Å²) >= 11 is 0. The molecule has 0 radical (unpaired) electrons. The number of nitrogens with zero attached hydrogens (tertiary/aromatic N) is 3. The Balaban J connectivity index is 1.57. The molecule has 0 aliphatic carbocycles. The molecule has 2 aromatic carbocycles. The molecule has 0 spiro atoms. The molecule has 1 unspecified atom stereocenters. The molecule has 1 atom stereocenters. The van der Waals surface area contributed by atoms with E-state index in [4.69, 9.17) is 4.52 Å². The Labute approximate surface area is 212 Å². The molecule has 2 N–H and O–H groups in total. The summed E-state index contributed by atoms with van der Waals surface area (Å²) in [6.07, 6.45) is 2.05. The van der Waals surface area contributed by atoms with Gasteiger partial charge in [-0.3, -0.25) is 9.59 Å². The molecule has 0 saturated carbocycles. The van der Waals surface area contributed by atoms with E-state index in [1.54, 1.807) is 35.2 Å². The van der Waals surface area contributed by atoms with E-state index in [-0.39, 0.29) is 42.4 Å². The third-order valence-corrected chi connectivity index (χ3v) is 6.69. The van der Waals surface area contributed by atoms with Crippen molar-refractivity contribution in [2.45, 2.75) is 37.7 Å². The van der Waals surface area contributed by atoms with Crippen LogP contribution < -0.4 is 5.32 Å². The van der Waals surface area contributed by atoms with Gasteiger partial charge in [0.25, 0.3) is 17.7 Å². The van der Waals surface area contributed by atoms with Crippen molar-refractivity contribution in [1.82, 2.24) is 10.1 Å². The van der Waals surface area contributed by atoms with Crippen LogP contribution in [0.3, 0.4) is 0 Å². The molecule has 1 aliphatic heterocycles. The second-order valence-electron chi connectivity index (χ2n) is 9.24. The molecule has 8 nitrogen and oxygen atoms in total. The number of aromatic nitrogens is 1. The van der Waals surface area contributed by atoms with Crippen LogP contribution in [0.15, 0.2) is 65.3 Å². The van der Waals surface area contributed by atoms with Crippen molar-refractivity contribution < 1.29 is 28.0 Å². The minimum absolute atomic E-state index is 0.00648. The smallest absolute Gasteiger partial charge is 0.292 e. The van der Waals surface area contributed by atoms with Crippen molar-refractivity contribution in [3.8, 4) is 6.07 Å². The van der Waals surface area contributed by atoms with Crippen LogP contribution in [0.2, 0.25) is 0 Å². The quantitative estimate of drug-likeness (QED) is 0.496. The summed E-state index contributed by atoms with van der Waals surface area (Å²) in [5.74, 6) is -4.77. The molecule has 2 heterocycles. The minimum atomic E-state index is -3.30. The first-order valence-electron chi connectivity index (χ1n) is 11.8. The van der Waals surface area contributed by atoms with Crippen LogP contribution in [0.25, 0.3) is 0 Å². The van der Waals surface area contributed by atoms with Gasteiger partial charge in [0, 0.05) is 49.7 Å². The zero-order chi connectivity index (χ0) is 26.6. The third kappa shape index (κ3) is 5.67. The van der Waals surface area contributed by atoms with E-state index in [0.29, 0.717) is 19.8 Å². The Morgan fingerprint density at radius 1 is 1.19 bits per heavy atom. The molecule has 0 bridgehead atoms. The highest BCUT2D eigenvalue weighted by atomic mass is 19.3. The van der Waals surface area contributed by atoms with Crippen molar-refractivity contribution in [2.24, 2.45) is 5.92 Å². The molecule has 192 valence electrons. The van der Waals surface area contributed by atoms with Crippen LogP contribution in [0.4, 0.5) is 14.5 Å². The van der Waals surface area contributed by atoms with Gasteiger partial charge in [-0.15, -0.1) is 0 Å². The second kappa shape index (κ2) is 10.5. The van der Waals surface area contributed by atoms with Crippen molar-refractivity contribution >= 4 is 17.5 Å². The number of likely N-dealkylation sites (tertiary alicyclic amines) is 1. The lowest BCUT2D eigenvalue weighted by Gasteiger charge is -2.40. The highest BCUT2D eigenvalue weighted by Crippen LogP contribution is 2.35. The van der Waals surface area contributed by atoms with Gasteiger partial charge >= 0.3 is 0 Å². The van der Waals surface area contributed by atoms with Gasteiger partial charge in [0.15, 0.2) is 0 Å². The number of alkyl halides is 2. The number of hydrogen-bond acceptors (Lipinski definition) is 6. The van der Waals surface area contributed by atoms with Gasteiger partial charge in [-0.1, -0.05) is 35.5 Å². The number of carbonyl (C=O) groups is 2. The lowest BCUT2D eigenvalue weighted by atomic mass is 9.76. The molecule has 37 heavy (non-hydrogen) atoms. The van der Waals surface area contributed by atoms with Gasteiger partial charge in [0.1, 0.15) is 5.60 Å². The largest absolute Gasteiger partial charge is 0.379 e. The summed E-state index contributed by atoms with van der Waals surface area (Å²) in [6, 6.07) is 15.8. The van der Waals surface area contributed by atoms with Gasteiger partial charge in [-0.2, -0.15) is 5.26 Å². The summed E-state index contributed by atoms with van der Waals surface area (Å²) in [6.45, 7) is 1.25. The predicted octanol–water partition coefficient (Wildman–Crippen LogP) is 4.12. The molecule has 1 fully saturated rings. The Morgan fingerprint density at radius 2 is 1.89 bits per heavy atom. The summed E-state index contributed by atoms with van der Waals surface area (Å²) in [5, 5.41) is 27.1. The van der Waals surface area contributed by atoms with Crippen LogP contribution in [-0.4, -0.2) is 45.7 Å². The molecule has 1 aromatic heterocycles. The molecule has 3 aromatic rings. The van der Waals surface area contributed by atoms with Crippen molar-refractivity contribution in [2.75, 3.05) is 18.4 Å². The number of piperidine rings is 1. The fourth-order valence-corrected chi connectivity index (χ4v) is 4.68. The summed E-state index contributed by atoms with van der Waals surface area (Å²) < 4.78 is 33.1. The Kier molecular flexibility index (Phi) is 7.36. The van der Waals surface area contributed by atoms with Crippen molar-refractivity contribution in [3.63, 3.8) is 0 Å². The normalized spacial score (nSPS) is 16.0. The molecule has 1 aliphatic rings. The van der Waals surface area contributed by atoms with Gasteiger partial charge in [0.05, 0.1) is 17.8 Å². The maximum atomic E-state index is 14.1. The minimum Gasteiger partial charge on any atom is -0.379 e. The first-order chi connectivity index (χ1) is 17.6. The zero-order valence-corrected chi connectivity index (χ0v) is 20.2.